The number of anilines is 1. The topological polar surface area (TPSA) is 88.3 Å². The number of rotatable bonds is 6. The number of aromatic nitrogens is 1. The van der Waals surface area contributed by atoms with Gasteiger partial charge in [-0.05, 0) is 55.8 Å². The number of hydrogen-bond acceptors (Lipinski definition) is 4. The maximum atomic E-state index is 12.2. The van der Waals surface area contributed by atoms with Crippen molar-refractivity contribution in [1.82, 2.24) is 9.88 Å². The highest BCUT2D eigenvalue weighted by Crippen LogP contribution is 2.13. The van der Waals surface area contributed by atoms with E-state index in [1.165, 1.54) is 25.7 Å². The van der Waals surface area contributed by atoms with E-state index in [-0.39, 0.29) is 5.91 Å². The summed E-state index contributed by atoms with van der Waals surface area (Å²) in [5, 5.41) is 2.92. The number of nitrogens with zero attached hydrogens (tertiary/aromatic N) is 2. The first-order valence-corrected chi connectivity index (χ1v) is 9.46. The summed E-state index contributed by atoms with van der Waals surface area (Å²) in [5.74, 6) is -0.437. The molecule has 0 saturated carbocycles. The van der Waals surface area contributed by atoms with Crippen molar-refractivity contribution in [3.8, 4) is 0 Å². The molecule has 0 bridgehead atoms. The Morgan fingerprint density at radius 2 is 1.85 bits per heavy atom. The Hall–Kier alpha value is -2.73. The van der Waals surface area contributed by atoms with Crippen LogP contribution in [0.1, 0.15) is 47.3 Å². The summed E-state index contributed by atoms with van der Waals surface area (Å²) in [7, 11) is 0. The molecule has 6 heteroatoms. The van der Waals surface area contributed by atoms with Crippen LogP contribution in [-0.4, -0.2) is 41.3 Å². The van der Waals surface area contributed by atoms with Crippen molar-refractivity contribution < 1.29 is 9.59 Å². The van der Waals surface area contributed by atoms with Gasteiger partial charge in [0.1, 0.15) is 0 Å². The quantitative estimate of drug-likeness (QED) is 0.822. The van der Waals surface area contributed by atoms with Gasteiger partial charge in [0.05, 0.1) is 18.4 Å². The van der Waals surface area contributed by atoms with Crippen LogP contribution in [0.5, 0.6) is 0 Å². The van der Waals surface area contributed by atoms with Gasteiger partial charge < -0.3 is 11.1 Å². The third kappa shape index (κ3) is 5.89. The van der Waals surface area contributed by atoms with Gasteiger partial charge in [0.2, 0.25) is 11.8 Å². The average molecular weight is 366 g/mol. The standard InChI is InChI=1S/C21H26N4O2/c22-21(27)17-7-5-6-16(12-17)13-18-8-9-19(14-23-18)24-20(26)15-25-10-3-1-2-4-11-25/h5-9,12,14H,1-4,10-11,13,15H2,(H2,22,27)(H,24,26). The molecule has 27 heavy (non-hydrogen) atoms. The molecule has 1 fully saturated rings. The van der Waals surface area contributed by atoms with Crippen LogP contribution in [0.2, 0.25) is 0 Å². The third-order valence-electron chi connectivity index (χ3n) is 4.77. The summed E-state index contributed by atoms with van der Waals surface area (Å²) < 4.78 is 0. The summed E-state index contributed by atoms with van der Waals surface area (Å²) in [4.78, 5) is 30.2. The van der Waals surface area contributed by atoms with Gasteiger partial charge in [-0.25, -0.2) is 0 Å². The zero-order valence-electron chi connectivity index (χ0n) is 15.5. The van der Waals surface area contributed by atoms with Crippen LogP contribution in [0.25, 0.3) is 0 Å². The fourth-order valence-electron chi connectivity index (χ4n) is 3.34. The van der Waals surface area contributed by atoms with E-state index in [0.29, 0.717) is 24.2 Å². The van der Waals surface area contributed by atoms with Crippen LogP contribution in [-0.2, 0) is 11.2 Å². The van der Waals surface area contributed by atoms with Crippen molar-refractivity contribution in [2.45, 2.75) is 32.1 Å². The Balaban J connectivity index is 1.54. The van der Waals surface area contributed by atoms with Gasteiger partial charge >= 0.3 is 0 Å². The predicted molar refractivity (Wildman–Crippen MR) is 106 cm³/mol. The Labute approximate surface area is 159 Å². The molecule has 6 nitrogen and oxygen atoms in total. The van der Waals surface area contributed by atoms with Gasteiger partial charge in [-0.1, -0.05) is 25.0 Å². The Morgan fingerprint density at radius 1 is 1.07 bits per heavy atom. The zero-order valence-corrected chi connectivity index (χ0v) is 15.5. The summed E-state index contributed by atoms with van der Waals surface area (Å²) in [5.41, 5.74) is 8.34. The number of amides is 2. The molecule has 0 aliphatic carbocycles. The first-order chi connectivity index (χ1) is 13.1. The number of nitrogens with two attached hydrogens (primary N) is 1. The van der Waals surface area contributed by atoms with Crippen molar-refractivity contribution in [2.75, 3.05) is 25.0 Å². The largest absolute Gasteiger partial charge is 0.366 e. The van der Waals surface area contributed by atoms with E-state index in [0.717, 1.165) is 24.3 Å². The lowest BCUT2D eigenvalue weighted by molar-refractivity contribution is -0.117. The molecule has 0 unspecified atom stereocenters. The minimum atomic E-state index is -0.438. The summed E-state index contributed by atoms with van der Waals surface area (Å²) in [6, 6.07) is 11.0. The van der Waals surface area contributed by atoms with E-state index < -0.39 is 5.91 Å². The minimum absolute atomic E-state index is 0.000564. The summed E-state index contributed by atoms with van der Waals surface area (Å²) >= 11 is 0. The normalized spacial score (nSPS) is 15.1. The second-order valence-corrected chi connectivity index (χ2v) is 7.02. The van der Waals surface area contributed by atoms with Gasteiger partial charge in [-0.15, -0.1) is 0 Å². The lowest BCUT2D eigenvalue weighted by Gasteiger charge is -2.18. The highest BCUT2D eigenvalue weighted by molar-refractivity contribution is 5.93. The van der Waals surface area contributed by atoms with Crippen molar-refractivity contribution in [3.05, 3.63) is 59.4 Å². The summed E-state index contributed by atoms with van der Waals surface area (Å²) in [6.07, 6.45) is 7.12. The molecule has 2 aromatic rings. The Morgan fingerprint density at radius 3 is 2.52 bits per heavy atom. The smallest absolute Gasteiger partial charge is 0.248 e. The van der Waals surface area contributed by atoms with Gasteiger partial charge in [0.15, 0.2) is 0 Å². The van der Waals surface area contributed by atoms with Crippen LogP contribution in [0.15, 0.2) is 42.6 Å². The molecule has 3 rings (SSSR count). The average Bonchev–Trinajstić information content (AvgIpc) is 2.92. The molecule has 2 heterocycles. The van der Waals surface area contributed by atoms with Crippen molar-refractivity contribution in [1.29, 1.82) is 0 Å². The fraction of sp³-hybridized carbons (Fsp3) is 0.381. The van der Waals surface area contributed by atoms with Gasteiger partial charge in [0, 0.05) is 17.7 Å². The lowest BCUT2D eigenvalue weighted by atomic mass is 10.1. The van der Waals surface area contributed by atoms with Crippen LogP contribution < -0.4 is 11.1 Å². The molecule has 0 radical (unpaired) electrons. The predicted octanol–water partition coefficient (Wildman–Crippen LogP) is 2.59. The molecule has 3 N–H and O–H groups in total. The van der Waals surface area contributed by atoms with Crippen molar-refractivity contribution >= 4 is 17.5 Å². The number of pyridine rings is 1. The van der Waals surface area contributed by atoms with Crippen LogP contribution >= 0.6 is 0 Å². The molecular weight excluding hydrogens is 340 g/mol. The molecule has 1 aromatic heterocycles. The minimum Gasteiger partial charge on any atom is -0.366 e. The number of hydrogen-bond donors (Lipinski definition) is 2. The Bertz CT molecular complexity index is 781. The number of carbonyl (C=O) groups is 2. The van der Waals surface area contributed by atoms with Gasteiger partial charge in [-0.2, -0.15) is 0 Å². The van der Waals surface area contributed by atoms with Crippen LogP contribution in [0.4, 0.5) is 5.69 Å². The van der Waals surface area contributed by atoms with E-state index in [2.05, 4.69) is 15.2 Å². The number of likely N-dealkylation sites (tertiary alicyclic amines) is 1. The molecular formula is C21H26N4O2. The van der Waals surface area contributed by atoms with E-state index in [9.17, 15) is 9.59 Å². The van der Waals surface area contributed by atoms with E-state index >= 15 is 0 Å². The van der Waals surface area contributed by atoms with Crippen molar-refractivity contribution in [2.24, 2.45) is 5.73 Å². The Kier molecular flexibility index (Phi) is 6.54. The van der Waals surface area contributed by atoms with E-state index in [4.69, 9.17) is 5.73 Å². The molecule has 1 aromatic carbocycles. The molecule has 0 atom stereocenters. The maximum Gasteiger partial charge on any atom is 0.248 e. The number of nitrogens with one attached hydrogen (secondary N) is 1. The monoisotopic (exact) mass is 366 g/mol. The number of benzene rings is 1. The number of primary amides is 1. The first kappa shape index (κ1) is 19.0. The number of carbonyl (C=O) groups excluding carboxylic acids is 2. The van der Waals surface area contributed by atoms with Crippen molar-refractivity contribution in [3.63, 3.8) is 0 Å². The highest BCUT2D eigenvalue weighted by Gasteiger charge is 2.13. The highest BCUT2D eigenvalue weighted by atomic mass is 16.2. The van der Waals surface area contributed by atoms with Gasteiger partial charge in [-0.3, -0.25) is 19.5 Å². The maximum absolute atomic E-state index is 12.2. The molecule has 1 aliphatic heterocycles. The van der Waals surface area contributed by atoms with E-state index in [1.54, 1.807) is 18.3 Å². The van der Waals surface area contributed by atoms with Crippen LogP contribution in [0.3, 0.4) is 0 Å². The van der Waals surface area contributed by atoms with E-state index in [1.807, 2.05) is 24.3 Å². The molecule has 0 spiro atoms. The zero-order chi connectivity index (χ0) is 19.1. The van der Waals surface area contributed by atoms with Crippen LogP contribution in [0, 0.1) is 0 Å². The SMILES string of the molecule is NC(=O)c1cccc(Cc2ccc(NC(=O)CN3CCCCCC3)cn2)c1. The third-order valence-corrected chi connectivity index (χ3v) is 4.77. The van der Waals surface area contributed by atoms with Gasteiger partial charge in [0.25, 0.3) is 0 Å². The molecule has 1 aliphatic rings. The first-order valence-electron chi connectivity index (χ1n) is 9.46. The molecule has 142 valence electrons. The second-order valence-electron chi connectivity index (χ2n) is 7.02. The fourth-order valence-corrected chi connectivity index (χ4v) is 3.34. The molecule has 2 amide bonds. The lowest BCUT2D eigenvalue weighted by Crippen LogP contribution is -2.33. The second kappa shape index (κ2) is 9.28. The molecule has 1 saturated heterocycles. The summed E-state index contributed by atoms with van der Waals surface area (Å²) in [6.45, 7) is 2.42.